The Labute approximate surface area is 124 Å². The van der Waals surface area contributed by atoms with Crippen molar-refractivity contribution in [3.8, 4) is 0 Å². The second-order valence-corrected chi connectivity index (χ2v) is 6.82. The minimum atomic E-state index is -0.268. The molecule has 0 bridgehead atoms. The lowest BCUT2D eigenvalue weighted by Gasteiger charge is -2.36. The zero-order valence-electron chi connectivity index (χ0n) is 11.9. The molecule has 1 fully saturated rings. The Morgan fingerprint density at radius 1 is 1.42 bits per heavy atom. The molecular weight excluding hydrogens is 304 g/mol. The highest BCUT2D eigenvalue weighted by Crippen LogP contribution is 2.31. The third-order valence-electron chi connectivity index (χ3n) is 3.84. The summed E-state index contributed by atoms with van der Waals surface area (Å²) in [6.07, 6.45) is 2.62. The highest BCUT2D eigenvalue weighted by molar-refractivity contribution is 9.10. The fourth-order valence-corrected chi connectivity index (χ4v) is 2.61. The van der Waals surface area contributed by atoms with Crippen molar-refractivity contribution in [3.63, 3.8) is 0 Å². The van der Waals surface area contributed by atoms with Crippen LogP contribution in [-0.4, -0.2) is 30.3 Å². The lowest BCUT2D eigenvalue weighted by molar-refractivity contribution is 0.216. The number of rotatable bonds is 6. The van der Waals surface area contributed by atoms with Gasteiger partial charge in [0.15, 0.2) is 0 Å². The first-order valence-electron chi connectivity index (χ1n) is 6.80. The van der Waals surface area contributed by atoms with Crippen LogP contribution in [0.2, 0.25) is 0 Å². The number of aliphatic hydroxyl groups excluding tert-OH is 1. The molecule has 0 saturated heterocycles. The van der Waals surface area contributed by atoms with E-state index in [4.69, 9.17) is 0 Å². The van der Waals surface area contributed by atoms with E-state index in [1.165, 1.54) is 18.4 Å². The number of hydrogen-bond acceptors (Lipinski definition) is 3. The standard InChI is InChI=1S/C15H23BrN2O/c1-15(2,10-19)18(3)14-7-4-11(8-13(14)16)9-17-12-5-6-12/h4,7-8,12,17,19H,5-6,9-10H2,1-3H3. The van der Waals surface area contributed by atoms with E-state index in [1.54, 1.807) is 0 Å². The first-order valence-corrected chi connectivity index (χ1v) is 7.60. The number of anilines is 1. The molecule has 0 aromatic heterocycles. The zero-order valence-corrected chi connectivity index (χ0v) is 13.5. The molecule has 3 nitrogen and oxygen atoms in total. The van der Waals surface area contributed by atoms with Gasteiger partial charge in [0.25, 0.3) is 0 Å². The largest absolute Gasteiger partial charge is 0.394 e. The van der Waals surface area contributed by atoms with Crippen molar-refractivity contribution in [1.82, 2.24) is 5.32 Å². The predicted octanol–water partition coefficient (Wildman–Crippen LogP) is 2.91. The van der Waals surface area contributed by atoms with Crippen LogP contribution in [0.25, 0.3) is 0 Å². The van der Waals surface area contributed by atoms with Crippen LogP contribution in [0.5, 0.6) is 0 Å². The monoisotopic (exact) mass is 326 g/mol. The summed E-state index contributed by atoms with van der Waals surface area (Å²) in [4.78, 5) is 2.11. The van der Waals surface area contributed by atoms with Gasteiger partial charge < -0.3 is 15.3 Å². The summed E-state index contributed by atoms with van der Waals surface area (Å²) in [6.45, 7) is 5.11. The average molecular weight is 327 g/mol. The number of benzene rings is 1. The van der Waals surface area contributed by atoms with Gasteiger partial charge in [-0.05, 0) is 60.3 Å². The van der Waals surface area contributed by atoms with E-state index in [2.05, 4.69) is 44.3 Å². The lowest BCUT2D eigenvalue weighted by atomic mass is 10.0. The van der Waals surface area contributed by atoms with Crippen molar-refractivity contribution in [2.45, 2.75) is 44.8 Å². The number of nitrogens with zero attached hydrogens (tertiary/aromatic N) is 1. The molecule has 1 aliphatic carbocycles. The summed E-state index contributed by atoms with van der Waals surface area (Å²) >= 11 is 3.64. The number of aliphatic hydroxyl groups is 1. The van der Waals surface area contributed by atoms with Crippen LogP contribution in [0.4, 0.5) is 5.69 Å². The van der Waals surface area contributed by atoms with E-state index >= 15 is 0 Å². The van der Waals surface area contributed by atoms with E-state index in [1.807, 2.05) is 20.9 Å². The van der Waals surface area contributed by atoms with Crippen molar-refractivity contribution in [2.24, 2.45) is 0 Å². The van der Waals surface area contributed by atoms with Crippen molar-refractivity contribution < 1.29 is 5.11 Å². The molecule has 1 aromatic carbocycles. The Morgan fingerprint density at radius 2 is 2.11 bits per heavy atom. The second-order valence-electron chi connectivity index (χ2n) is 5.97. The first-order chi connectivity index (χ1) is 8.94. The van der Waals surface area contributed by atoms with E-state index in [-0.39, 0.29) is 12.1 Å². The zero-order chi connectivity index (χ0) is 14.0. The van der Waals surface area contributed by atoms with Crippen LogP contribution in [0.1, 0.15) is 32.3 Å². The first kappa shape index (κ1) is 14.8. The van der Waals surface area contributed by atoms with Gasteiger partial charge in [-0.15, -0.1) is 0 Å². The summed E-state index contributed by atoms with van der Waals surface area (Å²) in [7, 11) is 2.01. The summed E-state index contributed by atoms with van der Waals surface area (Å²) in [5.74, 6) is 0. The maximum atomic E-state index is 9.46. The molecular formula is C15H23BrN2O. The van der Waals surface area contributed by atoms with Crippen LogP contribution >= 0.6 is 15.9 Å². The predicted molar refractivity (Wildman–Crippen MR) is 83.6 cm³/mol. The van der Waals surface area contributed by atoms with Crippen LogP contribution < -0.4 is 10.2 Å². The second kappa shape index (κ2) is 5.81. The maximum Gasteiger partial charge on any atom is 0.0658 e. The molecule has 1 aromatic rings. The Bertz CT molecular complexity index is 444. The molecule has 106 valence electrons. The molecule has 2 rings (SSSR count). The van der Waals surface area contributed by atoms with Crippen LogP contribution in [0.15, 0.2) is 22.7 Å². The lowest BCUT2D eigenvalue weighted by Crippen LogP contribution is -2.44. The summed E-state index contributed by atoms with van der Waals surface area (Å²) in [5, 5.41) is 13.0. The van der Waals surface area contributed by atoms with Crippen LogP contribution in [-0.2, 0) is 6.54 Å². The fraction of sp³-hybridized carbons (Fsp3) is 0.600. The van der Waals surface area contributed by atoms with E-state index in [9.17, 15) is 5.11 Å². The molecule has 0 unspecified atom stereocenters. The third-order valence-corrected chi connectivity index (χ3v) is 4.48. The van der Waals surface area contributed by atoms with Gasteiger partial charge in [0, 0.05) is 24.1 Å². The normalized spacial score (nSPS) is 15.6. The van der Waals surface area contributed by atoms with E-state index in [0.29, 0.717) is 0 Å². The highest BCUT2D eigenvalue weighted by atomic mass is 79.9. The molecule has 0 aliphatic heterocycles. The topological polar surface area (TPSA) is 35.5 Å². The van der Waals surface area contributed by atoms with Gasteiger partial charge >= 0.3 is 0 Å². The molecule has 0 spiro atoms. The van der Waals surface area contributed by atoms with Gasteiger partial charge in [-0.3, -0.25) is 0 Å². The Balaban J connectivity index is 2.09. The third kappa shape index (κ3) is 3.71. The van der Waals surface area contributed by atoms with Crippen molar-refractivity contribution >= 4 is 21.6 Å². The van der Waals surface area contributed by atoms with Crippen molar-refractivity contribution in [3.05, 3.63) is 28.2 Å². The van der Waals surface area contributed by atoms with E-state index in [0.717, 1.165) is 22.7 Å². The fourth-order valence-electron chi connectivity index (χ4n) is 1.91. The summed E-state index contributed by atoms with van der Waals surface area (Å²) in [6, 6.07) is 7.16. The molecule has 0 heterocycles. The number of likely N-dealkylation sites (N-methyl/N-ethyl adjacent to an activating group) is 1. The number of nitrogens with one attached hydrogen (secondary N) is 1. The van der Waals surface area contributed by atoms with Crippen LogP contribution in [0.3, 0.4) is 0 Å². The van der Waals surface area contributed by atoms with E-state index < -0.39 is 0 Å². The Kier molecular flexibility index (Phi) is 4.54. The smallest absolute Gasteiger partial charge is 0.0658 e. The van der Waals surface area contributed by atoms with Gasteiger partial charge in [-0.1, -0.05) is 6.07 Å². The Hall–Kier alpha value is -0.580. The highest BCUT2D eigenvalue weighted by Gasteiger charge is 2.24. The number of hydrogen-bond donors (Lipinski definition) is 2. The molecule has 1 aliphatic rings. The molecule has 0 amide bonds. The minimum Gasteiger partial charge on any atom is -0.394 e. The summed E-state index contributed by atoms with van der Waals surface area (Å²) < 4.78 is 1.08. The average Bonchev–Trinajstić information content (AvgIpc) is 3.19. The SMILES string of the molecule is CN(c1ccc(CNC2CC2)cc1Br)C(C)(C)CO. The molecule has 1 saturated carbocycles. The molecule has 4 heteroatoms. The maximum absolute atomic E-state index is 9.46. The van der Waals surface area contributed by atoms with Gasteiger partial charge in [0.2, 0.25) is 0 Å². The molecule has 19 heavy (non-hydrogen) atoms. The van der Waals surface area contributed by atoms with Gasteiger partial charge in [-0.2, -0.15) is 0 Å². The van der Waals surface area contributed by atoms with Crippen molar-refractivity contribution in [2.75, 3.05) is 18.6 Å². The van der Waals surface area contributed by atoms with Gasteiger partial charge in [0.1, 0.15) is 0 Å². The Morgan fingerprint density at radius 3 is 2.63 bits per heavy atom. The molecule has 2 N–H and O–H groups in total. The minimum absolute atomic E-state index is 0.126. The quantitative estimate of drug-likeness (QED) is 0.843. The summed E-state index contributed by atoms with van der Waals surface area (Å²) in [5.41, 5.74) is 2.13. The molecule has 0 radical (unpaired) electrons. The van der Waals surface area contributed by atoms with Crippen LogP contribution in [0, 0.1) is 0 Å². The van der Waals surface area contributed by atoms with Gasteiger partial charge in [-0.25, -0.2) is 0 Å². The van der Waals surface area contributed by atoms with Crippen molar-refractivity contribution in [1.29, 1.82) is 0 Å². The molecule has 0 atom stereocenters. The van der Waals surface area contributed by atoms with Gasteiger partial charge in [0.05, 0.1) is 17.8 Å². The number of halogens is 1.